The molecular formula is C31H34N8O. The largest absolute Gasteiger partial charge is 0.371 e. The molecule has 0 atom stereocenters. The Morgan fingerprint density at radius 3 is 2.73 bits per heavy atom. The third-order valence-corrected chi connectivity index (χ3v) is 8.31. The number of rotatable bonds is 6. The molecule has 40 heavy (non-hydrogen) atoms. The highest BCUT2D eigenvalue weighted by Crippen LogP contribution is 2.35. The minimum absolute atomic E-state index is 0.0507. The van der Waals surface area contributed by atoms with Gasteiger partial charge in [0.05, 0.1) is 23.1 Å². The van der Waals surface area contributed by atoms with Crippen LogP contribution in [-0.2, 0) is 4.79 Å². The van der Waals surface area contributed by atoms with E-state index in [2.05, 4.69) is 64.9 Å². The van der Waals surface area contributed by atoms with E-state index in [0.717, 1.165) is 89.2 Å². The van der Waals surface area contributed by atoms with Crippen LogP contribution in [-0.4, -0.2) is 57.2 Å². The minimum Gasteiger partial charge on any atom is -0.371 e. The molecule has 4 N–H and O–H groups in total. The van der Waals surface area contributed by atoms with E-state index in [1.165, 1.54) is 24.9 Å². The molecule has 2 saturated heterocycles. The van der Waals surface area contributed by atoms with Crippen molar-refractivity contribution in [2.75, 3.05) is 36.4 Å². The number of aromatic nitrogens is 5. The lowest BCUT2D eigenvalue weighted by Gasteiger charge is -2.29. The number of carbonyl (C=O) groups excluding carboxylic acids is 1. The number of amides is 1. The molecule has 0 aliphatic carbocycles. The van der Waals surface area contributed by atoms with Crippen molar-refractivity contribution in [2.24, 2.45) is 5.92 Å². The summed E-state index contributed by atoms with van der Waals surface area (Å²) in [5, 5.41) is 16.4. The van der Waals surface area contributed by atoms with Crippen molar-refractivity contribution in [3.05, 3.63) is 55.0 Å². The Bertz CT molecular complexity index is 1660. The summed E-state index contributed by atoms with van der Waals surface area (Å²) in [5.74, 6) is 0.491. The highest BCUT2D eigenvalue weighted by molar-refractivity contribution is 6.00. The first kappa shape index (κ1) is 24.8. The number of pyridine rings is 2. The van der Waals surface area contributed by atoms with Crippen LogP contribution in [0.3, 0.4) is 0 Å². The maximum absolute atomic E-state index is 12.7. The van der Waals surface area contributed by atoms with Gasteiger partial charge in [-0.15, -0.1) is 0 Å². The lowest BCUT2D eigenvalue weighted by Crippen LogP contribution is -2.30. The van der Waals surface area contributed by atoms with Gasteiger partial charge in [0.15, 0.2) is 0 Å². The number of hydrogen-bond donors (Lipinski definition) is 4. The molecule has 7 rings (SSSR count). The summed E-state index contributed by atoms with van der Waals surface area (Å²) in [6.45, 7) is 4.14. The van der Waals surface area contributed by atoms with Crippen LogP contribution in [0.4, 0.5) is 11.4 Å². The number of fused-ring (bicyclic) bond motifs is 2. The summed E-state index contributed by atoms with van der Waals surface area (Å²) < 4.78 is 0. The van der Waals surface area contributed by atoms with Crippen LogP contribution in [0.5, 0.6) is 0 Å². The van der Waals surface area contributed by atoms with Crippen LogP contribution >= 0.6 is 0 Å². The zero-order valence-electron chi connectivity index (χ0n) is 22.5. The van der Waals surface area contributed by atoms with E-state index in [1.54, 1.807) is 6.20 Å². The number of nitrogens with zero attached hydrogens (tertiary/aromatic N) is 4. The van der Waals surface area contributed by atoms with Gasteiger partial charge in [-0.05, 0) is 87.0 Å². The van der Waals surface area contributed by atoms with E-state index in [-0.39, 0.29) is 5.91 Å². The fraction of sp³-hybridized carbons (Fsp3) is 0.355. The Morgan fingerprint density at radius 1 is 0.975 bits per heavy atom. The third-order valence-electron chi connectivity index (χ3n) is 8.31. The predicted molar refractivity (Wildman–Crippen MR) is 159 cm³/mol. The van der Waals surface area contributed by atoms with Crippen molar-refractivity contribution in [3.8, 4) is 22.5 Å². The van der Waals surface area contributed by atoms with Crippen LogP contribution in [0, 0.1) is 5.92 Å². The Hall–Kier alpha value is -4.24. The molecule has 6 heterocycles. The van der Waals surface area contributed by atoms with Crippen LogP contribution in [0.1, 0.15) is 38.5 Å². The number of carbonyl (C=O) groups is 1. The first-order chi connectivity index (χ1) is 19.7. The highest BCUT2D eigenvalue weighted by atomic mass is 16.1. The van der Waals surface area contributed by atoms with Gasteiger partial charge < -0.3 is 20.5 Å². The summed E-state index contributed by atoms with van der Waals surface area (Å²) in [6, 6.07) is 12.5. The van der Waals surface area contributed by atoms with E-state index in [4.69, 9.17) is 0 Å². The van der Waals surface area contributed by atoms with Gasteiger partial charge in [0.2, 0.25) is 5.91 Å². The van der Waals surface area contributed by atoms with Crippen molar-refractivity contribution < 1.29 is 4.79 Å². The number of anilines is 2. The van der Waals surface area contributed by atoms with Crippen molar-refractivity contribution in [2.45, 2.75) is 38.5 Å². The van der Waals surface area contributed by atoms with Crippen LogP contribution in [0.2, 0.25) is 0 Å². The smallest absolute Gasteiger partial charge is 0.224 e. The predicted octanol–water partition coefficient (Wildman–Crippen LogP) is 5.49. The monoisotopic (exact) mass is 534 g/mol. The molecule has 0 saturated carbocycles. The maximum Gasteiger partial charge on any atom is 0.224 e. The number of nitrogens with one attached hydrogen (secondary N) is 4. The van der Waals surface area contributed by atoms with Gasteiger partial charge in [-0.3, -0.25) is 14.9 Å². The lowest BCUT2D eigenvalue weighted by atomic mass is 9.94. The molecule has 1 aromatic carbocycles. The second-order valence-corrected chi connectivity index (χ2v) is 11.1. The summed E-state index contributed by atoms with van der Waals surface area (Å²) >= 11 is 0. The van der Waals surface area contributed by atoms with Crippen molar-refractivity contribution >= 4 is 39.2 Å². The molecule has 2 aliphatic heterocycles. The van der Waals surface area contributed by atoms with Crippen molar-refractivity contribution in [3.63, 3.8) is 0 Å². The summed E-state index contributed by atoms with van der Waals surface area (Å²) in [5.41, 5.74) is 7.54. The standard InChI is InChI=1S/C31H34N8O/c40-29(14-20-6-9-32-10-7-20)35-23-15-22(18-33-19-23)21-4-5-26-24(16-21)30(38-37-26)27-17-25-28(8-11-34-31(25)36-27)39-12-2-1-3-13-39/h4-5,8,11,15-20,32H,1-3,6-7,9-10,12-14H2,(H,34,36)(H,35,40)(H,37,38). The summed E-state index contributed by atoms with van der Waals surface area (Å²) in [4.78, 5) is 27.7. The molecule has 0 bridgehead atoms. The van der Waals surface area contributed by atoms with Gasteiger partial charge in [0.25, 0.3) is 0 Å². The first-order valence-corrected chi connectivity index (χ1v) is 14.4. The number of piperidine rings is 2. The minimum atomic E-state index is 0.0507. The Morgan fingerprint density at radius 2 is 1.85 bits per heavy atom. The third kappa shape index (κ3) is 4.93. The fourth-order valence-corrected chi connectivity index (χ4v) is 6.18. The average Bonchev–Trinajstić information content (AvgIpc) is 3.62. The van der Waals surface area contributed by atoms with E-state index in [9.17, 15) is 4.79 Å². The number of H-pyrrole nitrogens is 2. The first-order valence-electron chi connectivity index (χ1n) is 14.4. The number of aromatic amines is 2. The van der Waals surface area contributed by atoms with Gasteiger partial charge in [0, 0.05) is 53.9 Å². The zero-order chi connectivity index (χ0) is 26.9. The summed E-state index contributed by atoms with van der Waals surface area (Å²) in [6.07, 6.45) is 11.8. The highest BCUT2D eigenvalue weighted by Gasteiger charge is 2.19. The number of benzene rings is 1. The second kappa shape index (κ2) is 10.7. The molecule has 0 radical (unpaired) electrons. The normalized spacial score (nSPS) is 16.6. The quantitative estimate of drug-likeness (QED) is 0.229. The van der Waals surface area contributed by atoms with E-state index in [1.807, 2.05) is 24.5 Å². The molecule has 9 nitrogen and oxygen atoms in total. The molecule has 2 fully saturated rings. The Balaban J connectivity index is 1.17. The molecule has 0 unspecified atom stereocenters. The molecule has 204 valence electrons. The van der Waals surface area contributed by atoms with Gasteiger partial charge in [-0.1, -0.05) is 6.07 Å². The number of hydrogen-bond acceptors (Lipinski definition) is 6. The topological polar surface area (TPSA) is 115 Å². The maximum atomic E-state index is 12.7. The van der Waals surface area contributed by atoms with Gasteiger partial charge >= 0.3 is 0 Å². The van der Waals surface area contributed by atoms with Crippen molar-refractivity contribution in [1.29, 1.82) is 0 Å². The lowest BCUT2D eigenvalue weighted by molar-refractivity contribution is -0.117. The van der Waals surface area contributed by atoms with Gasteiger partial charge in [0.1, 0.15) is 11.3 Å². The van der Waals surface area contributed by atoms with Crippen molar-refractivity contribution in [1.82, 2.24) is 30.5 Å². The Labute approximate surface area is 232 Å². The molecule has 5 aromatic rings. The van der Waals surface area contributed by atoms with Crippen LogP contribution < -0.4 is 15.5 Å². The molecule has 1 amide bonds. The Kier molecular flexibility index (Phi) is 6.65. The molecule has 4 aromatic heterocycles. The zero-order valence-corrected chi connectivity index (χ0v) is 22.5. The van der Waals surface area contributed by atoms with Crippen LogP contribution in [0.25, 0.3) is 44.5 Å². The molecule has 0 spiro atoms. The fourth-order valence-electron chi connectivity index (χ4n) is 6.18. The van der Waals surface area contributed by atoms with E-state index >= 15 is 0 Å². The van der Waals surface area contributed by atoms with Gasteiger partial charge in [-0.2, -0.15) is 5.10 Å². The van der Waals surface area contributed by atoms with E-state index in [0.29, 0.717) is 12.3 Å². The summed E-state index contributed by atoms with van der Waals surface area (Å²) in [7, 11) is 0. The second-order valence-electron chi connectivity index (χ2n) is 11.1. The van der Waals surface area contributed by atoms with Crippen LogP contribution in [0.15, 0.2) is 55.0 Å². The molecule has 9 heteroatoms. The average molecular weight is 535 g/mol. The SMILES string of the molecule is O=C(CC1CCNCC1)Nc1cncc(-c2ccc3[nH]nc(-c4cc5c(N6CCCCC6)ccnc5[nH]4)c3c2)c1. The van der Waals surface area contributed by atoms with E-state index < -0.39 is 0 Å². The molecule has 2 aliphatic rings. The molecular weight excluding hydrogens is 500 g/mol. The van der Waals surface area contributed by atoms with Gasteiger partial charge in [-0.25, -0.2) is 4.98 Å².